The van der Waals surface area contributed by atoms with E-state index in [1.165, 1.54) is 0 Å². The fourth-order valence-corrected chi connectivity index (χ4v) is 0.819. The van der Waals surface area contributed by atoms with Crippen LogP contribution in [0.4, 0.5) is 0 Å². The molecule has 0 saturated heterocycles. The normalized spacial score (nSPS) is 19.5. The van der Waals surface area contributed by atoms with E-state index in [-0.39, 0.29) is 5.91 Å². The first-order valence-electron chi connectivity index (χ1n) is 2.62. The Kier molecular flexibility index (Phi) is 1.08. The van der Waals surface area contributed by atoms with Crippen molar-refractivity contribution in [2.45, 2.75) is 6.92 Å². The summed E-state index contributed by atoms with van der Waals surface area (Å²) in [4.78, 5) is 12.3. The summed E-state index contributed by atoms with van der Waals surface area (Å²) in [6.45, 7) is 2.76. The molecule has 1 amide bonds. The zero-order valence-electron chi connectivity index (χ0n) is 5.14. The minimum atomic E-state index is 0.127. The summed E-state index contributed by atoms with van der Waals surface area (Å²) in [5, 5.41) is 0. The van der Waals surface area contributed by atoms with Gasteiger partial charge in [0.25, 0.3) is 0 Å². The fraction of sp³-hybridized carbons (Fsp3) is 0.500. The summed E-state index contributed by atoms with van der Waals surface area (Å²) in [5.41, 5.74) is 1.15. The highest BCUT2D eigenvalue weighted by Gasteiger charge is 2.12. The van der Waals surface area contributed by atoms with Crippen LogP contribution < -0.4 is 0 Å². The molecule has 2 heteroatoms. The van der Waals surface area contributed by atoms with Gasteiger partial charge in [0.1, 0.15) is 0 Å². The van der Waals surface area contributed by atoms with Gasteiger partial charge in [-0.2, -0.15) is 0 Å². The minimum Gasteiger partial charge on any atom is -0.338 e. The predicted octanol–water partition coefficient (Wildman–Crippen LogP) is 0.405. The number of amides is 1. The van der Waals surface area contributed by atoms with Gasteiger partial charge in [-0.25, -0.2) is 0 Å². The van der Waals surface area contributed by atoms with E-state index in [9.17, 15) is 4.79 Å². The van der Waals surface area contributed by atoms with Gasteiger partial charge in [0.15, 0.2) is 0 Å². The predicted molar refractivity (Wildman–Crippen MR) is 31.4 cm³/mol. The summed E-state index contributed by atoms with van der Waals surface area (Å²) < 4.78 is 0. The average Bonchev–Trinajstić information content (AvgIpc) is 1.85. The van der Waals surface area contributed by atoms with E-state index in [4.69, 9.17) is 0 Å². The van der Waals surface area contributed by atoms with E-state index in [2.05, 4.69) is 0 Å². The van der Waals surface area contributed by atoms with Gasteiger partial charge in [-0.15, -0.1) is 0 Å². The van der Waals surface area contributed by atoms with Crippen LogP contribution in [0.25, 0.3) is 0 Å². The number of hydrogen-bond acceptors (Lipinski definition) is 1. The lowest BCUT2D eigenvalue weighted by Gasteiger charge is -2.05. The van der Waals surface area contributed by atoms with E-state index in [1.807, 2.05) is 6.92 Å². The topological polar surface area (TPSA) is 20.3 Å². The first kappa shape index (κ1) is 5.35. The first-order chi connectivity index (χ1) is 3.70. The highest BCUT2D eigenvalue weighted by Crippen LogP contribution is 2.05. The third-order valence-electron chi connectivity index (χ3n) is 1.23. The molecule has 0 radical (unpaired) electrons. The van der Waals surface area contributed by atoms with Crippen LogP contribution in [0.2, 0.25) is 0 Å². The maximum atomic E-state index is 10.6. The molecule has 0 bridgehead atoms. The smallest absolute Gasteiger partial charge is 0.246 e. The molecule has 0 spiro atoms. The van der Waals surface area contributed by atoms with Crippen LogP contribution >= 0.6 is 0 Å². The number of rotatable bonds is 0. The van der Waals surface area contributed by atoms with Gasteiger partial charge in [0, 0.05) is 19.7 Å². The van der Waals surface area contributed by atoms with Gasteiger partial charge in [-0.05, 0) is 12.5 Å². The molecule has 0 saturated carbocycles. The van der Waals surface area contributed by atoms with E-state index < -0.39 is 0 Å². The van der Waals surface area contributed by atoms with Crippen molar-refractivity contribution in [1.29, 1.82) is 0 Å². The molecule has 0 aliphatic carbocycles. The molecule has 1 aliphatic heterocycles. The Hall–Kier alpha value is -0.790. The lowest BCUT2D eigenvalue weighted by atomic mass is 10.3. The van der Waals surface area contributed by atoms with Crippen molar-refractivity contribution in [3.05, 3.63) is 11.6 Å². The van der Waals surface area contributed by atoms with Crippen LogP contribution in [0.15, 0.2) is 11.6 Å². The van der Waals surface area contributed by atoms with Crippen molar-refractivity contribution in [3.63, 3.8) is 0 Å². The summed E-state index contributed by atoms with van der Waals surface area (Å²) in [6, 6.07) is 0. The van der Waals surface area contributed by atoms with Crippen LogP contribution in [-0.4, -0.2) is 24.4 Å². The standard InChI is InChI=1S/C6H9NO/c1-5-3-6(8)7(2)4-5/h3H,4H2,1-2H3. The van der Waals surface area contributed by atoms with Crippen LogP contribution in [0.1, 0.15) is 6.92 Å². The summed E-state index contributed by atoms with van der Waals surface area (Å²) in [7, 11) is 1.80. The summed E-state index contributed by atoms with van der Waals surface area (Å²) in [6.07, 6.45) is 1.67. The molecular weight excluding hydrogens is 102 g/mol. The number of nitrogens with zero attached hydrogens (tertiary/aromatic N) is 1. The second-order valence-corrected chi connectivity index (χ2v) is 2.18. The van der Waals surface area contributed by atoms with Crippen LogP contribution in [0.3, 0.4) is 0 Å². The van der Waals surface area contributed by atoms with Crippen LogP contribution in [0, 0.1) is 0 Å². The third-order valence-corrected chi connectivity index (χ3v) is 1.23. The van der Waals surface area contributed by atoms with Crippen LogP contribution in [-0.2, 0) is 4.79 Å². The Bertz CT molecular complexity index is 149. The van der Waals surface area contributed by atoms with Crippen molar-refractivity contribution in [3.8, 4) is 0 Å². The van der Waals surface area contributed by atoms with Gasteiger partial charge in [-0.3, -0.25) is 4.79 Å². The Morgan fingerprint density at radius 3 is 2.50 bits per heavy atom. The van der Waals surface area contributed by atoms with E-state index in [1.54, 1.807) is 18.0 Å². The molecule has 0 aromatic carbocycles. The average molecular weight is 111 g/mol. The number of carbonyl (C=O) groups is 1. The van der Waals surface area contributed by atoms with Gasteiger partial charge in [0.05, 0.1) is 0 Å². The molecule has 1 heterocycles. The quantitative estimate of drug-likeness (QED) is 0.443. The fourth-order valence-electron chi connectivity index (χ4n) is 0.819. The monoisotopic (exact) mass is 111 g/mol. The lowest BCUT2D eigenvalue weighted by molar-refractivity contribution is -0.123. The molecule has 2 nitrogen and oxygen atoms in total. The minimum absolute atomic E-state index is 0.127. The Balaban J connectivity index is 2.70. The van der Waals surface area contributed by atoms with Gasteiger partial charge in [-0.1, -0.05) is 0 Å². The van der Waals surface area contributed by atoms with Crippen molar-refractivity contribution in [1.82, 2.24) is 4.90 Å². The molecular formula is C6H9NO. The van der Waals surface area contributed by atoms with Gasteiger partial charge < -0.3 is 4.90 Å². The molecule has 0 N–H and O–H groups in total. The SMILES string of the molecule is CC1=CC(=O)N(C)C1. The van der Waals surface area contributed by atoms with Crippen molar-refractivity contribution in [2.75, 3.05) is 13.6 Å². The van der Waals surface area contributed by atoms with Crippen molar-refractivity contribution >= 4 is 5.91 Å². The molecule has 8 heavy (non-hydrogen) atoms. The zero-order valence-corrected chi connectivity index (χ0v) is 5.14. The van der Waals surface area contributed by atoms with Crippen molar-refractivity contribution in [2.24, 2.45) is 0 Å². The Labute approximate surface area is 48.8 Å². The number of carbonyl (C=O) groups excluding carboxylic acids is 1. The highest BCUT2D eigenvalue weighted by molar-refractivity contribution is 5.90. The molecule has 1 rings (SSSR count). The maximum Gasteiger partial charge on any atom is 0.246 e. The van der Waals surface area contributed by atoms with Gasteiger partial charge >= 0.3 is 0 Å². The van der Waals surface area contributed by atoms with E-state index in [0.29, 0.717) is 0 Å². The molecule has 0 aromatic heterocycles. The Morgan fingerprint density at radius 2 is 2.38 bits per heavy atom. The molecule has 1 aliphatic rings. The number of hydrogen-bond donors (Lipinski definition) is 0. The van der Waals surface area contributed by atoms with Crippen LogP contribution in [0.5, 0.6) is 0 Å². The van der Waals surface area contributed by atoms with E-state index in [0.717, 1.165) is 12.1 Å². The van der Waals surface area contributed by atoms with Gasteiger partial charge in [0.2, 0.25) is 5.91 Å². The Morgan fingerprint density at radius 1 is 1.75 bits per heavy atom. The summed E-state index contributed by atoms with van der Waals surface area (Å²) in [5.74, 6) is 0.127. The lowest BCUT2D eigenvalue weighted by Crippen LogP contribution is -2.19. The summed E-state index contributed by atoms with van der Waals surface area (Å²) >= 11 is 0. The highest BCUT2D eigenvalue weighted by atomic mass is 16.2. The molecule has 0 fully saturated rings. The molecule has 0 unspecified atom stereocenters. The molecule has 0 aromatic rings. The second-order valence-electron chi connectivity index (χ2n) is 2.18. The zero-order chi connectivity index (χ0) is 6.15. The third kappa shape index (κ3) is 0.735. The number of likely N-dealkylation sites (N-methyl/N-ethyl adjacent to an activating group) is 1. The molecule has 0 atom stereocenters. The molecule has 44 valence electrons. The maximum absolute atomic E-state index is 10.6. The van der Waals surface area contributed by atoms with Crippen molar-refractivity contribution < 1.29 is 4.79 Å². The van der Waals surface area contributed by atoms with E-state index >= 15 is 0 Å². The first-order valence-corrected chi connectivity index (χ1v) is 2.62. The largest absolute Gasteiger partial charge is 0.338 e. The second kappa shape index (κ2) is 1.62.